The molecule has 1 aliphatic heterocycles. The zero-order chi connectivity index (χ0) is 15.1. The summed E-state index contributed by atoms with van der Waals surface area (Å²) in [5.74, 6) is -0.424. The molecule has 1 rings (SSSR count). The number of esters is 1. The number of carbonyl (C=O) groups excluding carboxylic acids is 1. The first-order valence-electron chi connectivity index (χ1n) is 6.06. The Kier molecular flexibility index (Phi) is 4.34. The minimum Gasteiger partial charge on any atom is -0.433 e. The minimum atomic E-state index is -3.67. The molecule has 0 bridgehead atoms. The molecule has 0 aromatic carbocycles. The van der Waals surface area contributed by atoms with Crippen molar-refractivity contribution in [1.82, 2.24) is 0 Å². The molecular formula is C12H22O6S. The van der Waals surface area contributed by atoms with E-state index in [1.54, 1.807) is 34.6 Å². The number of cyclic esters (lactones) is 1. The van der Waals surface area contributed by atoms with E-state index in [4.69, 9.17) is 13.7 Å². The summed E-state index contributed by atoms with van der Waals surface area (Å²) in [4.78, 5) is 11.6. The van der Waals surface area contributed by atoms with Gasteiger partial charge in [-0.1, -0.05) is 13.8 Å². The van der Waals surface area contributed by atoms with Gasteiger partial charge in [-0.3, -0.25) is 8.98 Å². The summed E-state index contributed by atoms with van der Waals surface area (Å²) in [6.07, 6.45) is -0.851. The van der Waals surface area contributed by atoms with Gasteiger partial charge in [0.05, 0.1) is 18.3 Å². The Morgan fingerprint density at radius 1 is 1.32 bits per heavy atom. The standard InChI is InChI=1S/C12H22O6S/c1-11(2,3)17-10-9(18-19(6,14)15)12(4,5)7-8(13)16-10/h9-10H,7H2,1-6H3. The highest BCUT2D eigenvalue weighted by Gasteiger charge is 2.48. The van der Waals surface area contributed by atoms with E-state index in [-0.39, 0.29) is 6.42 Å². The lowest BCUT2D eigenvalue weighted by atomic mass is 9.81. The first-order valence-corrected chi connectivity index (χ1v) is 7.87. The summed E-state index contributed by atoms with van der Waals surface area (Å²) in [7, 11) is -3.67. The molecule has 112 valence electrons. The SMILES string of the molecule is CC(C)(C)OC1OC(=O)CC(C)(C)C1OS(C)(=O)=O. The van der Waals surface area contributed by atoms with Crippen LogP contribution in [0.1, 0.15) is 41.0 Å². The van der Waals surface area contributed by atoms with Crippen molar-refractivity contribution >= 4 is 16.1 Å². The van der Waals surface area contributed by atoms with Crippen molar-refractivity contribution in [3.8, 4) is 0 Å². The Balaban J connectivity index is 3.04. The summed E-state index contributed by atoms with van der Waals surface area (Å²) < 4.78 is 38.5. The van der Waals surface area contributed by atoms with Crippen LogP contribution in [0.5, 0.6) is 0 Å². The van der Waals surface area contributed by atoms with Crippen molar-refractivity contribution in [3.05, 3.63) is 0 Å². The average molecular weight is 294 g/mol. The molecule has 0 amide bonds. The third-order valence-corrected chi connectivity index (χ3v) is 3.17. The highest BCUT2D eigenvalue weighted by molar-refractivity contribution is 7.86. The van der Waals surface area contributed by atoms with Crippen LogP contribution in [-0.2, 0) is 28.6 Å². The molecule has 1 fully saturated rings. The van der Waals surface area contributed by atoms with Gasteiger partial charge in [0.15, 0.2) is 0 Å². The van der Waals surface area contributed by atoms with E-state index in [1.165, 1.54) is 0 Å². The molecule has 0 N–H and O–H groups in total. The number of rotatable bonds is 3. The van der Waals surface area contributed by atoms with Gasteiger partial charge in [-0.15, -0.1) is 0 Å². The molecule has 0 saturated carbocycles. The molecule has 2 unspecified atom stereocenters. The van der Waals surface area contributed by atoms with Crippen molar-refractivity contribution in [2.24, 2.45) is 5.41 Å². The molecule has 1 heterocycles. The smallest absolute Gasteiger partial charge is 0.308 e. The number of carbonyl (C=O) groups is 1. The lowest BCUT2D eigenvalue weighted by molar-refractivity contribution is -0.259. The van der Waals surface area contributed by atoms with Gasteiger partial charge >= 0.3 is 5.97 Å². The summed E-state index contributed by atoms with van der Waals surface area (Å²) in [5, 5.41) is 0. The number of hydrogen-bond acceptors (Lipinski definition) is 6. The highest BCUT2D eigenvalue weighted by Crippen LogP contribution is 2.38. The van der Waals surface area contributed by atoms with Crippen LogP contribution in [0.15, 0.2) is 0 Å². The van der Waals surface area contributed by atoms with Gasteiger partial charge in [0.1, 0.15) is 6.10 Å². The predicted octanol–water partition coefficient (Wildman–Crippen LogP) is 1.45. The van der Waals surface area contributed by atoms with Crippen molar-refractivity contribution < 1.29 is 26.9 Å². The van der Waals surface area contributed by atoms with E-state index in [9.17, 15) is 13.2 Å². The van der Waals surface area contributed by atoms with Crippen molar-refractivity contribution in [3.63, 3.8) is 0 Å². The molecule has 0 radical (unpaired) electrons. The predicted molar refractivity (Wildman–Crippen MR) is 68.8 cm³/mol. The van der Waals surface area contributed by atoms with Gasteiger partial charge in [0.2, 0.25) is 6.29 Å². The minimum absolute atomic E-state index is 0.0805. The number of hydrogen-bond donors (Lipinski definition) is 0. The van der Waals surface area contributed by atoms with Crippen LogP contribution in [0.2, 0.25) is 0 Å². The zero-order valence-electron chi connectivity index (χ0n) is 12.2. The Bertz CT molecular complexity index is 445. The fourth-order valence-electron chi connectivity index (χ4n) is 1.87. The van der Waals surface area contributed by atoms with E-state index >= 15 is 0 Å². The molecule has 1 saturated heterocycles. The second-order valence-corrected chi connectivity index (χ2v) is 8.08. The average Bonchev–Trinajstić information content (AvgIpc) is 2.05. The van der Waals surface area contributed by atoms with Gasteiger partial charge < -0.3 is 9.47 Å². The normalized spacial score (nSPS) is 28.0. The van der Waals surface area contributed by atoms with E-state index in [0.29, 0.717) is 0 Å². The van der Waals surface area contributed by atoms with Crippen LogP contribution in [0.25, 0.3) is 0 Å². The van der Waals surface area contributed by atoms with E-state index in [0.717, 1.165) is 6.26 Å². The lowest BCUT2D eigenvalue weighted by Gasteiger charge is -2.42. The van der Waals surface area contributed by atoms with Crippen LogP contribution < -0.4 is 0 Å². The van der Waals surface area contributed by atoms with Crippen molar-refractivity contribution in [1.29, 1.82) is 0 Å². The van der Waals surface area contributed by atoms with E-state index in [1.807, 2.05) is 0 Å². The fourth-order valence-corrected chi connectivity index (χ4v) is 2.60. The van der Waals surface area contributed by atoms with Gasteiger partial charge in [-0.2, -0.15) is 8.42 Å². The molecule has 2 atom stereocenters. The van der Waals surface area contributed by atoms with Crippen LogP contribution in [0.4, 0.5) is 0 Å². The summed E-state index contributed by atoms with van der Waals surface area (Å²) in [6.45, 7) is 8.88. The maximum absolute atomic E-state index is 11.6. The van der Waals surface area contributed by atoms with E-state index in [2.05, 4.69) is 0 Å². The Labute approximate surface area is 114 Å². The first-order chi connectivity index (χ1) is 8.30. The fraction of sp³-hybridized carbons (Fsp3) is 0.917. The quantitative estimate of drug-likeness (QED) is 0.579. The Hall–Kier alpha value is -0.660. The molecule has 0 aliphatic carbocycles. The van der Waals surface area contributed by atoms with Crippen LogP contribution >= 0.6 is 0 Å². The Morgan fingerprint density at radius 2 is 1.84 bits per heavy atom. The summed E-state index contributed by atoms with van der Waals surface area (Å²) >= 11 is 0. The van der Waals surface area contributed by atoms with E-state index < -0.39 is 39.5 Å². The molecule has 0 aromatic rings. The lowest BCUT2D eigenvalue weighted by Crippen LogP contribution is -2.53. The summed E-state index contributed by atoms with van der Waals surface area (Å²) in [5.41, 5.74) is -1.27. The van der Waals surface area contributed by atoms with Gasteiger partial charge in [0.25, 0.3) is 10.1 Å². The monoisotopic (exact) mass is 294 g/mol. The third kappa shape index (κ3) is 5.08. The molecule has 19 heavy (non-hydrogen) atoms. The zero-order valence-corrected chi connectivity index (χ0v) is 13.0. The first kappa shape index (κ1) is 16.4. The maximum Gasteiger partial charge on any atom is 0.308 e. The van der Waals surface area contributed by atoms with Gasteiger partial charge in [-0.25, -0.2) is 0 Å². The molecule has 1 aliphatic rings. The largest absolute Gasteiger partial charge is 0.433 e. The molecular weight excluding hydrogens is 272 g/mol. The molecule has 6 nitrogen and oxygen atoms in total. The second-order valence-electron chi connectivity index (χ2n) is 6.47. The topological polar surface area (TPSA) is 78.9 Å². The van der Waals surface area contributed by atoms with Crippen LogP contribution in [0, 0.1) is 5.41 Å². The van der Waals surface area contributed by atoms with Gasteiger partial charge in [0, 0.05) is 5.41 Å². The third-order valence-electron chi connectivity index (χ3n) is 2.61. The Morgan fingerprint density at radius 3 is 2.26 bits per heavy atom. The number of ether oxygens (including phenoxy) is 2. The molecule has 0 spiro atoms. The van der Waals surface area contributed by atoms with Crippen LogP contribution in [-0.4, -0.2) is 38.6 Å². The second kappa shape index (κ2) is 5.03. The molecule has 0 aromatic heterocycles. The van der Waals surface area contributed by atoms with Gasteiger partial charge in [-0.05, 0) is 20.8 Å². The van der Waals surface area contributed by atoms with Crippen molar-refractivity contribution in [2.45, 2.75) is 59.0 Å². The summed E-state index contributed by atoms with van der Waals surface area (Å²) in [6, 6.07) is 0. The van der Waals surface area contributed by atoms with Crippen molar-refractivity contribution in [2.75, 3.05) is 6.26 Å². The van der Waals surface area contributed by atoms with Crippen LogP contribution in [0.3, 0.4) is 0 Å². The highest BCUT2D eigenvalue weighted by atomic mass is 32.2. The maximum atomic E-state index is 11.6. The molecule has 7 heteroatoms.